The summed E-state index contributed by atoms with van der Waals surface area (Å²) in [5, 5.41) is 0. The highest BCUT2D eigenvalue weighted by atomic mass is 16.5. The topological polar surface area (TPSA) is 84.0 Å². The molecule has 4 amide bonds. The van der Waals surface area contributed by atoms with Crippen LogP contribution in [0, 0.1) is 53.3 Å². The fourth-order valence-electron chi connectivity index (χ4n) is 6.90. The maximum atomic E-state index is 12.6. The highest BCUT2D eigenvalue weighted by molar-refractivity contribution is 6.07. The summed E-state index contributed by atoms with van der Waals surface area (Å²) in [6.45, 7) is 17.6. The molecule has 0 aromatic heterocycles. The van der Waals surface area contributed by atoms with Gasteiger partial charge in [0.15, 0.2) is 0 Å². The Hall–Kier alpha value is -2.28. The van der Waals surface area contributed by atoms with Crippen LogP contribution in [0.5, 0.6) is 0 Å². The highest BCUT2D eigenvalue weighted by Gasteiger charge is 2.68. The molecule has 7 heteroatoms. The van der Waals surface area contributed by atoms with Crippen LogP contribution in [0.15, 0.2) is 24.3 Å². The SMILES string of the molecule is CC(C)CN1C(=O)C2C3C=CC(C(C)C)(O3)C2C1=O.CC(C)CN1C(=O)C2CC=CC(C(C)C)C2C1=O. The maximum Gasteiger partial charge on any atom is 0.236 e. The Balaban J connectivity index is 0.000000173. The van der Waals surface area contributed by atoms with E-state index in [-0.39, 0.29) is 65.2 Å². The predicted octanol–water partition coefficient (Wildman–Crippen LogP) is 4.08. The van der Waals surface area contributed by atoms with Crippen LogP contribution in [-0.2, 0) is 23.9 Å². The normalized spacial score (nSPS) is 36.0. The van der Waals surface area contributed by atoms with E-state index in [4.69, 9.17) is 4.74 Å². The minimum Gasteiger partial charge on any atom is -0.362 e. The number of fused-ring (bicyclic) bond motifs is 6. The number of hydrogen-bond acceptors (Lipinski definition) is 5. The number of ether oxygens (including phenoxy) is 1. The van der Waals surface area contributed by atoms with E-state index in [9.17, 15) is 19.2 Å². The molecule has 4 aliphatic heterocycles. The van der Waals surface area contributed by atoms with Crippen molar-refractivity contribution in [3.63, 3.8) is 0 Å². The summed E-state index contributed by atoms with van der Waals surface area (Å²) in [5.74, 6) is 0.668. The van der Waals surface area contributed by atoms with Gasteiger partial charge in [-0.05, 0) is 36.0 Å². The van der Waals surface area contributed by atoms with Crippen molar-refractivity contribution in [1.82, 2.24) is 9.80 Å². The van der Waals surface area contributed by atoms with Crippen molar-refractivity contribution < 1.29 is 23.9 Å². The standard InChI is InChI=1S/C15H21NO3.C15H23NO2/c1-8(2)7-16-13(17)11-10-5-6-15(19-10,9(3)4)12(11)14(16)18;1-9(2)8-16-14(17)12-7-5-6-11(10(3)4)13(12)15(16)18/h5-6,8-12H,7H2,1-4H3;5-6,9-13H,7-8H2,1-4H3. The van der Waals surface area contributed by atoms with E-state index in [0.717, 1.165) is 6.42 Å². The zero-order valence-electron chi connectivity index (χ0n) is 23.6. The van der Waals surface area contributed by atoms with Crippen molar-refractivity contribution >= 4 is 23.6 Å². The van der Waals surface area contributed by atoms with E-state index in [1.54, 1.807) is 0 Å². The van der Waals surface area contributed by atoms with Crippen LogP contribution >= 0.6 is 0 Å². The Labute approximate surface area is 221 Å². The van der Waals surface area contributed by atoms with Crippen LogP contribution < -0.4 is 0 Å². The lowest BCUT2D eigenvalue weighted by Gasteiger charge is -2.32. The van der Waals surface area contributed by atoms with Gasteiger partial charge in [0.2, 0.25) is 23.6 Å². The first kappa shape index (κ1) is 27.7. The van der Waals surface area contributed by atoms with Gasteiger partial charge < -0.3 is 4.74 Å². The monoisotopic (exact) mass is 512 g/mol. The van der Waals surface area contributed by atoms with E-state index >= 15 is 0 Å². The van der Waals surface area contributed by atoms with E-state index in [1.807, 2.05) is 39.8 Å². The average Bonchev–Trinajstić information content (AvgIpc) is 3.53. The zero-order valence-corrected chi connectivity index (χ0v) is 23.6. The third-order valence-electron chi connectivity index (χ3n) is 8.67. The van der Waals surface area contributed by atoms with Gasteiger partial charge in [0, 0.05) is 13.1 Å². The Morgan fingerprint density at radius 2 is 1.38 bits per heavy atom. The van der Waals surface area contributed by atoms with Crippen molar-refractivity contribution in [1.29, 1.82) is 0 Å². The number of imide groups is 2. The Kier molecular flexibility index (Phi) is 7.59. The molecule has 7 nitrogen and oxygen atoms in total. The second-order valence-corrected chi connectivity index (χ2v) is 12.9. The van der Waals surface area contributed by atoms with E-state index < -0.39 is 5.60 Å². The molecule has 0 saturated carbocycles. The first-order valence-corrected chi connectivity index (χ1v) is 14.1. The molecule has 0 aromatic carbocycles. The third kappa shape index (κ3) is 4.51. The summed E-state index contributed by atoms with van der Waals surface area (Å²) in [4.78, 5) is 52.9. The lowest BCUT2D eigenvalue weighted by molar-refractivity contribution is -0.146. The van der Waals surface area contributed by atoms with Gasteiger partial charge in [0.05, 0.1) is 29.8 Å². The number of allylic oxidation sites excluding steroid dienone is 2. The lowest BCUT2D eigenvalue weighted by atomic mass is 9.72. The van der Waals surface area contributed by atoms with E-state index in [0.29, 0.717) is 30.8 Å². The number of amides is 4. The average molecular weight is 513 g/mol. The van der Waals surface area contributed by atoms with Gasteiger partial charge in [0.25, 0.3) is 0 Å². The number of nitrogens with zero attached hydrogens (tertiary/aromatic N) is 2. The summed E-state index contributed by atoms with van der Waals surface area (Å²) in [7, 11) is 0. The highest BCUT2D eigenvalue weighted by Crippen LogP contribution is 2.54. The van der Waals surface area contributed by atoms with Gasteiger partial charge in [-0.1, -0.05) is 79.7 Å². The number of hydrogen-bond donors (Lipinski definition) is 0. The molecule has 0 spiro atoms. The summed E-state index contributed by atoms with van der Waals surface area (Å²) in [6, 6.07) is 0. The maximum absolute atomic E-state index is 12.6. The van der Waals surface area contributed by atoms with E-state index in [1.165, 1.54) is 9.80 Å². The largest absolute Gasteiger partial charge is 0.362 e. The first-order chi connectivity index (χ1) is 17.3. The summed E-state index contributed by atoms with van der Waals surface area (Å²) < 4.78 is 6.00. The molecule has 1 aliphatic carbocycles. The van der Waals surface area contributed by atoms with Crippen LogP contribution in [0.2, 0.25) is 0 Å². The second-order valence-electron chi connectivity index (χ2n) is 12.9. The van der Waals surface area contributed by atoms with Crippen molar-refractivity contribution in [2.45, 2.75) is 73.5 Å². The van der Waals surface area contributed by atoms with Crippen molar-refractivity contribution in [3.8, 4) is 0 Å². The number of carbonyl (C=O) groups is 4. The van der Waals surface area contributed by atoms with Crippen molar-refractivity contribution in [2.75, 3.05) is 13.1 Å². The minimum atomic E-state index is -0.562. The molecule has 4 heterocycles. The second kappa shape index (κ2) is 10.1. The molecule has 5 rings (SSSR count). The lowest BCUT2D eigenvalue weighted by Crippen LogP contribution is -2.44. The molecule has 7 atom stereocenters. The Morgan fingerprint density at radius 3 is 1.92 bits per heavy atom. The van der Waals surface area contributed by atoms with Gasteiger partial charge in [0.1, 0.15) is 5.60 Å². The number of rotatable bonds is 6. The minimum absolute atomic E-state index is 0.0377. The molecule has 3 fully saturated rings. The number of likely N-dealkylation sites (tertiary alicyclic amines) is 2. The van der Waals surface area contributed by atoms with Gasteiger partial charge in [-0.3, -0.25) is 29.0 Å². The molecular formula is C30H44N2O5. The number of carbonyl (C=O) groups excluding carboxylic acids is 4. The Bertz CT molecular complexity index is 1010. The van der Waals surface area contributed by atoms with Gasteiger partial charge in [-0.25, -0.2) is 0 Å². The van der Waals surface area contributed by atoms with Crippen LogP contribution in [0.1, 0.15) is 61.8 Å². The molecule has 0 radical (unpaired) electrons. The zero-order chi connectivity index (χ0) is 27.4. The summed E-state index contributed by atoms with van der Waals surface area (Å²) in [5.41, 5.74) is -0.562. The fraction of sp³-hybridized carbons (Fsp3) is 0.733. The Morgan fingerprint density at radius 1 is 0.811 bits per heavy atom. The molecule has 204 valence electrons. The van der Waals surface area contributed by atoms with Crippen molar-refractivity contribution in [3.05, 3.63) is 24.3 Å². The molecule has 2 bridgehead atoms. The third-order valence-corrected chi connectivity index (χ3v) is 8.67. The molecule has 3 saturated heterocycles. The van der Waals surface area contributed by atoms with E-state index in [2.05, 4.69) is 39.8 Å². The van der Waals surface area contributed by atoms with Crippen LogP contribution in [-0.4, -0.2) is 58.2 Å². The van der Waals surface area contributed by atoms with Gasteiger partial charge in [-0.2, -0.15) is 0 Å². The smallest absolute Gasteiger partial charge is 0.236 e. The quantitative estimate of drug-likeness (QED) is 0.396. The summed E-state index contributed by atoms with van der Waals surface area (Å²) >= 11 is 0. The van der Waals surface area contributed by atoms with Gasteiger partial charge >= 0.3 is 0 Å². The molecule has 0 aromatic rings. The molecular weight excluding hydrogens is 468 g/mol. The molecule has 5 aliphatic rings. The molecule has 7 unspecified atom stereocenters. The van der Waals surface area contributed by atoms with Crippen LogP contribution in [0.3, 0.4) is 0 Å². The van der Waals surface area contributed by atoms with Gasteiger partial charge in [-0.15, -0.1) is 0 Å². The fourth-order valence-corrected chi connectivity index (χ4v) is 6.90. The molecule has 0 N–H and O–H groups in total. The molecule has 37 heavy (non-hydrogen) atoms. The van der Waals surface area contributed by atoms with Crippen LogP contribution in [0.25, 0.3) is 0 Å². The van der Waals surface area contributed by atoms with Crippen molar-refractivity contribution in [2.24, 2.45) is 53.3 Å². The first-order valence-electron chi connectivity index (χ1n) is 14.1. The predicted molar refractivity (Wildman–Crippen MR) is 141 cm³/mol. The summed E-state index contributed by atoms with van der Waals surface area (Å²) in [6.07, 6.45) is 8.71. The van der Waals surface area contributed by atoms with Crippen LogP contribution in [0.4, 0.5) is 0 Å².